The number of aliphatic imine (C=N–C) groups is 1. The Balaban J connectivity index is 0.00000280. The van der Waals surface area contributed by atoms with Crippen LogP contribution < -0.4 is 5.32 Å². The van der Waals surface area contributed by atoms with Crippen LogP contribution in [0.15, 0.2) is 4.99 Å². The molecule has 1 spiro atoms. The van der Waals surface area contributed by atoms with Gasteiger partial charge in [0.1, 0.15) is 0 Å². The molecule has 2 saturated heterocycles. The standard InChI is InChI=1S/C22H43N5.HI/c1-20(18-26-15-13-25(3)14-16-26)17-24-21(23-2)27-12-8-11-22(19-27)9-6-4-5-7-10-22;/h20H,4-19H2,1-3H3,(H,23,24);1H. The minimum atomic E-state index is 0. The second-order valence-corrected chi connectivity index (χ2v) is 9.58. The van der Waals surface area contributed by atoms with Gasteiger partial charge in [0.15, 0.2) is 5.96 Å². The van der Waals surface area contributed by atoms with Crippen LogP contribution in [0.5, 0.6) is 0 Å². The monoisotopic (exact) mass is 505 g/mol. The summed E-state index contributed by atoms with van der Waals surface area (Å²) in [6.45, 7) is 11.8. The smallest absolute Gasteiger partial charge is 0.193 e. The Morgan fingerprint density at radius 1 is 0.964 bits per heavy atom. The van der Waals surface area contributed by atoms with Crippen LogP contribution in [0, 0.1) is 11.3 Å². The van der Waals surface area contributed by atoms with E-state index >= 15 is 0 Å². The summed E-state index contributed by atoms with van der Waals surface area (Å²) in [6.07, 6.45) is 11.4. The van der Waals surface area contributed by atoms with E-state index in [-0.39, 0.29) is 24.0 Å². The summed E-state index contributed by atoms with van der Waals surface area (Å²) < 4.78 is 0. The Bertz CT molecular complexity index is 468. The third kappa shape index (κ3) is 7.01. The third-order valence-corrected chi connectivity index (χ3v) is 7.11. The molecule has 1 N–H and O–H groups in total. The lowest BCUT2D eigenvalue weighted by molar-refractivity contribution is 0.114. The van der Waals surface area contributed by atoms with E-state index in [1.165, 1.54) is 97.2 Å². The number of piperazine rings is 1. The van der Waals surface area contributed by atoms with Gasteiger partial charge in [-0.15, -0.1) is 24.0 Å². The first-order valence-corrected chi connectivity index (χ1v) is 11.5. The number of nitrogens with one attached hydrogen (secondary N) is 1. The first-order valence-electron chi connectivity index (χ1n) is 11.5. The van der Waals surface area contributed by atoms with E-state index in [0.29, 0.717) is 11.3 Å². The van der Waals surface area contributed by atoms with Gasteiger partial charge < -0.3 is 20.0 Å². The topological polar surface area (TPSA) is 34.1 Å². The lowest BCUT2D eigenvalue weighted by atomic mass is 9.74. The lowest BCUT2D eigenvalue weighted by Crippen LogP contribution is -2.52. The number of likely N-dealkylation sites (tertiary alicyclic amines) is 1. The minimum absolute atomic E-state index is 0. The lowest BCUT2D eigenvalue weighted by Gasteiger charge is -2.44. The van der Waals surface area contributed by atoms with Gasteiger partial charge in [-0.05, 0) is 44.1 Å². The Hall–Kier alpha value is -0.0800. The van der Waals surface area contributed by atoms with Gasteiger partial charge in [0, 0.05) is 59.4 Å². The molecule has 2 aliphatic heterocycles. The minimum Gasteiger partial charge on any atom is -0.356 e. The first-order chi connectivity index (χ1) is 13.1. The van der Waals surface area contributed by atoms with Crippen molar-refractivity contribution in [3.05, 3.63) is 0 Å². The number of nitrogens with zero attached hydrogens (tertiary/aromatic N) is 4. The van der Waals surface area contributed by atoms with E-state index in [0.717, 1.165) is 12.5 Å². The zero-order valence-electron chi connectivity index (χ0n) is 18.6. The van der Waals surface area contributed by atoms with Crippen molar-refractivity contribution in [1.29, 1.82) is 0 Å². The zero-order chi connectivity index (χ0) is 19.1. The predicted octanol–water partition coefficient (Wildman–Crippen LogP) is 3.50. The van der Waals surface area contributed by atoms with E-state index in [9.17, 15) is 0 Å². The second-order valence-electron chi connectivity index (χ2n) is 9.58. The molecule has 0 bridgehead atoms. The molecular formula is C22H44IN5. The number of rotatable bonds is 4. The first kappa shape index (κ1) is 24.2. The van der Waals surface area contributed by atoms with Crippen LogP contribution in [0.3, 0.4) is 0 Å². The molecule has 0 aromatic heterocycles. The number of likely N-dealkylation sites (N-methyl/N-ethyl adjacent to an activating group) is 1. The molecule has 0 radical (unpaired) electrons. The van der Waals surface area contributed by atoms with Crippen LogP contribution in [0.25, 0.3) is 0 Å². The highest BCUT2D eigenvalue weighted by Gasteiger charge is 2.36. The van der Waals surface area contributed by atoms with Gasteiger partial charge in [0.05, 0.1) is 0 Å². The van der Waals surface area contributed by atoms with Crippen molar-refractivity contribution >= 4 is 29.9 Å². The van der Waals surface area contributed by atoms with Gasteiger partial charge in [0.2, 0.25) is 0 Å². The van der Waals surface area contributed by atoms with E-state index in [4.69, 9.17) is 0 Å². The summed E-state index contributed by atoms with van der Waals surface area (Å²) in [4.78, 5) is 12.3. The van der Waals surface area contributed by atoms with Crippen LogP contribution in [0.4, 0.5) is 0 Å². The largest absolute Gasteiger partial charge is 0.356 e. The zero-order valence-corrected chi connectivity index (χ0v) is 20.9. The highest BCUT2D eigenvalue weighted by atomic mass is 127. The van der Waals surface area contributed by atoms with Crippen molar-refractivity contribution in [3.63, 3.8) is 0 Å². The quantitative estimate of drug-likeness (QED) is 0.361. The van der Waals surface area contributed by atoms with Gasteiger partial charge in [-0.2, -0.15) is 0 Å². The van der Waals surface area contributed by atoms with Crippen LogP contribution >= 0.6 is 24.0 Å². The summed E-state index contributed by atoms with van der Waals surface area (Å²) in [7, 11) is 4.19. The summed E-state index contributed by atoms with van der Waals surface area (Å²) in [5.41, 5.74) is 0.567. The third-order valence-electron chi connectivity index (χ3n) is 7.11. The number of hydrogen-bond acceptors (Lipinski definition) is 3. The normalized spacial score (nSPS) is 25.8. The molecule has 3 rings (SSSR count). The van der Waals surface area contributed by atoms with Crippen LogP contribution in [-0.2, 0) is 0 Å². The predicted molar refractivity (Wildman–Crippen MR) is 131 cm³/mol. The van der Waals surface area contributed by atoms with Crippen molar-refractivity contribution in [2.45, 2.75) is 58.3 Å². The summed E-state index contributed by atoms with van der Waals surface area (Å²) in [5, 5.41) is 3.71. The molecule has 1 unspecified atom stereocenters. The van der Waals surface area contributed by atoms with E-state index in [1.807, 2.05) is 7.05 Å². The van der Waals surface area contributed by atoms with Crippen molar-refractivity contribution in [2.75, 3.05) is 66.5 Å². The molecule has 28 heavy (non-hydrogen) atoms. The molecule has 0 aromatic rings. The highest BCUT2D eigenvalue weighted by Crippen LogP contribution is 2.42. The molecular weight excluding hydrogens is 461 g/mol. The van der Waals surface area contributed by atoms with Gasteiger partial charge in [-0.1, -0.05) is 32.6 Å². The fourth-order valence-corrected chi connectivity index (χ4v) is 5.41. The summed E-state index contributed by atoms with van der Waals surface area (Å²) in [5.74, 6) is 1.80. The second kappa shape index (κ2) is 11.9. The fraction of sp³-hybridized carbons (Fsp3) is 0.955. The van der Waals surface area contributed by atoms with E-state index < -0.39 is 0 Å². The van der Waals surface area contributed by atoms with Crippen molar-refractivity contribution in [2.24, 2.45) is 16.3 Å². The van der Waals surface area contributed by atoms with Crippen LogP contribution in [0.1, 0.15) is 58.3 Å². The van der Waals surface area contributed by atoms with Crippen molar-refractivity contribution in [1.82, 2.24) is 20.0 Å². The molecule has 5 nitrogen and oxygen atoms in total. The molecule has 3 fully saturated rings. The molecule has 3 aliphatic rings. The molecule has 0 amide bonds. The number of halogens is 1. The maximum absolute atomic E-state index is 4.65. The Morgan fingerprint density at radius 2 is 1.61 bits per heavy atom. The van der Waals surface area contributed by atoms with Gasteiger partial charge in [0.25, 0.3) is 0 Å². The molecule has 0 aromatic carbocycles. The SMILES string of the molecule is CN=C(NCC(C)CN1CCN(C)CC1)N1CCCC2(CCCCCC2)C1.I. The maximum atomic E-state index is 4.65. The van der Waals surface area contributed by atoms with E-state index in [2.05, 4.69) is 39.0 Å². The average Bonchev–Trinajstić information content (AvgIpc) is 2.89. The fourth-order valence-electron chi connectivity index (χ4n) is 5.41. The maximum Gasteiger partial charge on any atom is 0.193 e. The number of piperidine rings is 1. The Labute approximate surface area is 190 Å². The number of hydrogen-bond donors (Lipinski definition) is 1. The highest BCUT2D eigenvalue weighted by molar-refractivity contribution is 14.0. The molecule has 1 atom stereocenters. The average molecular weight is 506 g/mol. The van der Waals surface area contributed by atoms with Crippen molar-refractivity contribution < 1.29 is 0 Å². The van der Waals surface area contributed by atoms with Crippen molar-refractivity contribution in [3.8, 4) is 0 Å². The van der Waals surface area contributed by atoms with Gasteiger partial charge in [-0.3, -0.25) is 4.99 Å². The number of guanidine groups is 1. The summed E-state index contributed by atoms with van der Waals surface area (Å²) >= 11 is 0. The molecule has 2 heterocycles. The van der Waals surface area contributed by atoms with Gasteiger partial charge >= 0.3 is 0 Å². The molecule has 1 saturated carbocycles. The van der Waals surface area contributed by atoms with Crippen LogP contribution in [0.2, 0.25) is 0 Å². The molecule has 6 heteroatoms. The molecule has 164 valence electrons. The van der Waals surface area contributed by atoms with Crippen LogP contribution in [-0.4, -0.2) is 87.1 Å². The Kier molecular flexibility index (Phi) is 10.3. The van der Waals surface area contributed by atoms with Gasteiger partial charge in [-0.25, -0.2) is 0 Å². The summed E-state index contributed by atoms with van der Waals surface area (Å²) in [6, 6.07) is 0. The van der Waals surface area contributed by atoms with E-state index in [1.54, 1.807) is 0 Å². The Morgan fingerprint density at radius 3 is 2.25 bits per heavy atom. The molecule has 1 aliphatic carbocycles.